The second-order valence-corrected chi connectivity index (χ2v) is 10.7. The SMILES string of the molecule is C[N+]1(Cc2ccc(C3CCCCC3)cc2)C2CCCC1CC(OC(=O)c1ccccc1)C2. The van der Waals surface area contributed by atoms with Crippen LogP contribution in [0.2, 0.25) is 0 Å². The van der Waals surface area contributed by atoms with Crippen molar-refractivity contribution in [2.24, 2.45) is 0 Å². The molecule has 1 aliphatic carbocycles. The molecule has 3 aliphatic rings. The lowest BCUT2D eigenvalue weighted by molar-refractivity contribution is -0.979. The smallest absolute Gasteiger partial charge is 0.338 e. The zero-order valence-corrected chi connectivity index (χ0v) is 19.5. The van der Waals surface area contributed by atoms with Crippen LogP contribution in [0.4, 0.5) is 0 Å². The van der Waals surface area contributed by atoms with Crippen LogP contribution in [0.25, 0.3) is 0 Å². The fourth-order valence-electron chi connectivity index (χ4n) is 6.77. The van der Waals surface area contributed by atoms with E-state index in [0.717, 1.165) is 29.8 Å². The molecule has 2 aliphatic heterocycles. The molecule has 2 heterocycles. The summed E-state index contributed by atoms with van der Waals surface area (Å²) in [5.74, 6) is 0.611. The van der Waals surface area contributed by atoms with E-state index in [2.05, 4.69) is 31.3 Å². The van der Waals surface area contributed by atoms with E-state index in [-0.39, 0.29) is 12.1 Å². The Morgan fingerprint density at radius 3 is 2.16 bits per heavy atom. The number of rotatable bonds is 5. The van der Waals surface area contributed by atoms with Crippen LogP contribution in [0.5, 0.6) is 0 Å². The molecule has 2 aromatic carbocycles. The molecule has 170 valence electrons. The Hall–Kier alpha value is -2.13. The molecule has 32 heavy (non-hydrogen) atoms. The second kappa shape index (κ2) is 9.39. The van der Waals surface area contributed by atoms with E-state index in [1.807, 2.05) is 30.3 Å². The molecular weight excluding hydrogens is 394 g/mol. The van der Waals surface area contributed by atoms with Gasteiger partial charge < -0.3 is 9.22 Å². The maximum Gasteiger partial charge on any atom is 0.338 e. The first kappa shape index (κ1) is 21.7. The van der Waals surface area contributed by atoms with Crippen molar-refractivity contribution < 1.29 is 14.0 Å². The van der Waals surface area contributed by atoms with Crippen LogP contribution in [0.3, 0.4) is 0 Å². The fraction of sp³-hybridized carbons (Fsp3) is 0.552. The average Bonchev–Trinajstić information content (AvgIpc) is 2.81. The lowest BCUT2D eigenvalue weighted by atomic mass is 9.79. The van der Waals surface area contributed by atoms with E-state index >= 15 is 0 Å². The zero-order valence-electron chi connectivity index (χ0n) is 19.5. The van der Waals surface area contributed by atoms with Gasteiger partial charge in [-0.05, 0) is 55.7 Å². The molecule has 2 saturated heterocycles. The van der Waals surface area contributed by atoms with Gasteiger partial charge in [-0.15, -0.1) is 0 Å². The van der Waals surface area contributed by atoms with Crippen molar-refractivity contribution in [3.63, 3.8) is 0 Å². The monoisotopic (exact) mass is 432 g/mol. The Morgan fingerprint density at radius 1 is 0.844 bits per heavy atom. The number of carbonyl (C=O) groups is 1. The van der Waals surface area contributed by atoms with Crippen molar-refractivity contribution in [1.82, 2.24) is 0 Å². The summed E-state index contributed by atoms with van der Waals surface area (Å²) in [6.07, 6.45) is 12.7. The molecular formula is C29H38NO2+. The summed E-state index contributed by atoms with van der Waals surface area (Å²) in [7, 11) is 2.46. The first-order valence-electron chi connectivity index (χ1n) is 12.8. The maximum absolute atomic E-state index is 12.6. The number of esters is 1. The van der Waals surface area contributed by atoms with Gasteiger partial charge in [0.25, 0.3) is 0 Å². The first-order chi connectivity index (χ1) is 15.6. The zero-order chi connectivity index (χ0) is 22.0. The number of hydrogen-bond donors (Lipinski definition) is 0. The predicted molar refractivity (Wildman–Crippen MR) is 128 cm³/mol. The third-order valence-corrected chi connectivity index (χ3v) is 8.68. The van der Waals surface area contributed by atoms with Crippen LogP contribution in [0, 0.1) is 0 Å². The van der Waals surface area contributed by atoms with Crippen molar-refractivity contribution in [2.45, 2.75) is 94.9 Å². The highest BCUT2D eigenvalue weighted by Gasteiger charge is 2.49. The number of benzene rings is 2. The summed E-state index contributed by atoms with van der Waals surface area (Å²) in [5, 5.41) is 0. The minimum Gasteiger partial charge on any atom is -0.458 e. The normalized spacial score (nSPS) is 30.6. The fourth-order valence-corrected chi connectivity index (χ4v) is 6.77. The largest absolute Gasteiger partial charge is 0.458 e. The van der Waals surface area contributed by atoms with Gasteiger partial charge in [-0.25, -0.2) is 4.79 Å². The summed E-state index contributed by atoms with van der Waals surface area (Å²) in [6, 6.07) is 20.2. The highest BCUT2D eigenvalue weighted by Crippen LogP contribution is 2.42. The van der Waals surface area contributed by atoms with Crippen molar-refractivity contribution in [2.75, 3.05) is 7.05 Å². The Morgan fingerprint density at radius 2 is 1.50 bits per heavy atom. The number of fused-ring (bicyclic) bond motifs is 2. The molecule has 2 atom stereocenters. The third kappa shape index (κ3) is 4.50. The number of quaternary nitrogens is 1. The van der Waals surface area contributed by atoms with Gasteiger partial charge in [0.2, 0.25) is 0 Å². The lowest BCUT2D eigenvalue weighted by Gasteiger charge is -2.55. The van der Waals surface area contributed by atoms with E-state index in [0.29, 0.717) is 17.6 Å². The summed E-state index contributed by atoms with van der Waals surface area (Å²) in [4.78, 5) is 12.6. The van der Waals surface area contributed by atoms with Crippen molar-refractivity contribution >= 4 is 5.97 Å². The van der Waals surface area contributed by atoms with E-state index in [1.54, 1.807) is 5.56 Å². The van der Waals surface area contributed by atoms with Crippen LogP contribution < -0.4 is 0 Å². The number of nitrogens with zero attached hydrogens (tertiary/aromatic N) is 1. The molecule has 0 N–H and O–H groups in total. The molecule has 0 amide bonds. The quantitative estimate of drug-likeness (QED) is 0.392. The predicted octanol–water partition coefficient (Wildman–Crippen LogP) is 6.62. The van der Waals surface area contributed by atoms with Gasteiger partial charge in [0.05, 0.1) is 24.7 Å². The summed E-state index contributed by atoms with van der Waals surface area (Å²) < 4.78 is 7.10. The Balaban J connectivity index is 1.25. The molecule has 2 bridgehead atoms. The first-order valence-corrected chi connectivity index (χ1v) is 12.8. The van der Waals surface area contributed by atoms with Crippen molar-refractivity contribution in [1.29, 1.82) is 0 Å². The highest BCUT2D eigenvalue weighted by molar-refractivity contribution is 5.89. The maximum atomic E-state index is 12.6. The van der Waals surface area contributed by atoms with E-state index in [4.69, 9.17) is 4.74 Å². The Bertz CT molecular complexity index is 887. The molecule has 3 fully saturated rings. The molecule has 3 heteroatoms. The van der Waals surface area contributed by atoms with Gasteiger partial charge >= 0.3 is 5.97 Å². The van der Waals surface area contributed by atoms with Crippen LogP contribution in [-0.2, 0) is 11.3 Å². The van der Waals surface area contributed by atoms with Gasteiger partial charge in [-0.3, -0.25) is 0 Å². The minimum atomic E-state index is -0.164. The number of piperidine rings is 2. The molecule has 0 aromatic heterocycles. The molecule has 5 rings (SSSR count). The summed E-state index contributed by atoms with van der Waals surface area (Å²) in [6.45, 7) is 1.10. The number of ether oxygens (including phenoxy) is 1. The summed E-state index contributed by atoms with van der Waals surface area (Å²) in [5.41, 5.74) is 3.67. The van der Waals surface area contributed by atoms with Crippen LogP contribution in [0.15, 0.2) is 54.6 Å². The number of hydrogen-bond acceptors (Lipinski definition) is 2. The molecule has 3 nitrogen and oxygen atoms in total. The van der Waals surface area contributed by atoms with Crippen LogP contribution in [-0.4, -0.2) is 35.7 Å². The van der Waals surface area contributed by atoms with Gasteiger partial charge in [-0.1, -0.05) is 61.7 Å². The van der Waals surface area contributed by atoms with Gasteiger partial charge in [0.15, 0.2) is 0 Å². The van der Waals surface area contributed by atoms with Crippen LogP contribution >= 0.6 is 0 Å². The van der Waals surface area contributed by atoms with E-state index in [9.17, 15) is 4.79 Å². The second-order valence-electron chi connectivity index (χ2n) is 10.7. The van der Waals surface area contributed by atoms with Gasteiger partial charge in [0.1, 0.15) is 12.6 Å². The third-order valence-electron chi connectivity index (χ3n) is 8.68. The van der Waals surface area contributed by atoms with E-state index in [1.165, 1.54) is 56.9 Å². The van der Waals surface area contributed by atoms with Gasteiger partial charge in [0, 0.05) is 18.4 Å². The number of carbonyl (C=O) groups excluding carboxylic acids is 1. The van der Waals surface area contributed by atoms with E-state index < -0.39 is 0 Å². The molecule has 1 saturated carbocycles. The van der Waals surface area contributed by atoms with Crippen LogP contribution in [0.1, 0.15) is 91.6 Å². The standard InChI is InChI=1S/C29H38NO2/c1-30(21-22-15-17-24(18-16-22)23-9-4-2-5-10-23)26-13-8-14-27(30)20-28(19-26)32-29(31)25-11-6-3-7-12-25/h3,6-7,11-12,15-18,23,26-28H,2,4-5,8-10,13-14,19-21H2,1H3/q+1. The summed E-state index contributed by atoms with van der Waals surface area (Å²) >= 11 is 0. The molecule has 0 radical (unpaired) electrons. The Kier molecular flexibility index (Phi) is 6.37. The minimum absolute atomic E-state index is 0.0536. The molecule has 2 unspecified atom stereocenters. The highest BCUT2D eigenvalue weighted by atomic mass is 16.5. The lowest BCUT2D eigenvalue weighted by Crippen LogP contribution is -2.65. The Labute approximate surface area is 193 Å². The topological polar surface area (TPSA) is 26.3 Å². The molecule has 2 aromatic rings. The van der Waals surface area contributed by atoms with Crippen molar-refractivity contribution in [3.8, 4) is 0 Å². The average molecular weight is 433 g/mol. The van der Waals surface area contributed by atoms with Crippen molar-refractivity contribution in [3.05, 3.63) is 71.3 Å². The molecule has 0 spiro atoms. The van der Waals surface area contributed by atoms with Gasteiger partial charge in [-0.2, -0.15) is 0 Å².